The lowest BCUT2D eigenvalue weighted by Crippen LogP contribution is -2.13. The van der Waals surface area contributed by atoms with E-state index in [2.05, 4.69) is 11.4 Å². The lowest BCUT2D eigenvalue weighted by atomic mass is 10.1. The van der Waals surface area contributed by atoms with E-state index in [4.69, 9.17) is 9.47 Å². The predicted octanol–water partition coefficient (Wildman–Crippen LogP) is 3.89. The van der Waals surface area contributed by atoms with E-state index in [0.29, 0.717) is 12.8 Å². The highest BCUT2D eigenvalue weighted by Crippen LogP contribution is 2.23. The highest BCUT2D eigenvalue weighted by molar-refractivity contribution is 5.91. The van der Waals surface area contributed by atoms with Gasteiger partial charge in [0.15, 0.2) is 0 Å². The molecule has 0 radical (unpaired) electrons. The third-order valence-corrected chi connectivity index (χ3v) is 3.71. The molecule has 4 heteroatoms. The van der Waals surface area contributed by atoms with Crippen LogP contribution >= 0.6 is 0 Å². The van der Waals surface area contributed by atoms with Crippen molar-refractivity contribution in [1.82, 2.24) is 0 Å². The van der Waals surface area contributed by atoms with Crippen LogP contribution in [0.2, 0.25) is 0 Å². The Bertz CT molecular complexity index is 673. The van der Waals surface area contributed by atoms with Crippen LogP contribution in [0, 0.1) is 13.8 Å². The SMILES string of the molecule is COc1cc(CCC(=O)Nc2ccc(C)cc2C)cc(OC)c1. The first-order valence-corrected chi connectivity index (χ1v) is 7.61. The van der Waals surface area contributed by atoms with Gasteiger partial charge in [-0.25, -0.2) is 0 Å². The Morgan fingerprint density at radius 2 is 1.65 bits per heavy atom. The Morgan fingerprint density at radius 1 is 1.00 bits per heavy atom. The third kappa shape index (κ3) is 4.74. The average molecular weight is 313 g/mol. The second-order valence-corrected chi connectivity index (χ2v) is 5.59. The number of benzene rings is 2. The topological polar surface area (TPSA) is 47.6 Å². The zero-order chi connectivity index (χ0) is 16.8. The lowest BCUT2D eigenvalue weighted by Gasteiger charge is -2.10. The Kier molecular flexibility index (Phi) is 5.63. The fourth-order valence-electron chi connectivity index (χ4n) is 2.44. The molecule has 0 aromatic heterocycles. The predicted molar refractivity (Wildman–Crippen MR) is 92.4 cm³/mol. The number of carbonyl (C=O) groups is 1. The maximum Gasteiger partial charge on any atom is 0.224 e. The number of amides is 1. The van der Waals surface area contributed by atoms with Gasteiger partial charge in [-0.15, -0.1) is 0 Å². The van der Waals surface area contributed by atoms with Crippen LogP contribution in [0.1, 0.15) is 23.1 Å². The summed E-state index contributed by atoms with van der Waals surface area (Å²) in [6, 6.07) is 11.7. The van der Waals surface area contributed by atoms with E-state index in [1.807, 2.05) is 44.2 Å². The Labute approximate surface area is 137 Å². The number of methoxy groups -OCH3 is 2. The van der Waals surface area contributed by atoms with Gasteiger partial charge in [-0.2, -0.15) is 0 Å². The fraction of sp³-hybridized carbons (Fsp3) is 0.316. The summed E-state index contributed by atoms with van der Waals surface area (Å²) in [5, 5.41) is 2.96. The molecule has 0 saturated carbocycles. The smallest absolute Gasteiger partial charge is 0.224 e. The number of nitrogens with one attached hydrogen (secondary N) is 1. The van der Waals surface area contributed by atoms with Gasteiger partial charge in [-0.05, 0) is 49.6 Å². The molecule has 0 fully saturated rings. The van der Waals surface area contributed by atoms with Gasteiger partial charge in [0.05, 0.1) is 14.2 Å². The first kappa shape index (κ1) is 16.9. The summed E-state index contributed by atoms with van der Waals surface area (Å²) in [6.07, 6.45) is 1.04. The second-order valence-electron chi connectivity index (χ2n) is 5.59. The van der Waals surface area contributed by atoms with E-state index in [9.17, 15) is 4.79 Å². The summed E-state index contributed by atoms with van der Waals surface area (Å²) in [7, 11) is 3.23. The maximum atomic E-state index is 12.2. The first-order chi connectivity index (χ1) is 11.0. The Hall–Kier alpha value is -2.49. The maximum absolute atomic E-state index is 12.2. The molecule has 0 spiro atoms. The largest absolute Gasteiger partial charge is 0.497 e. The second kappa shape index (κ2) is 7.68. The van der Waals surface area contributed by atoms with Gasteiger partial charge in [0.2, 0.25) is 5.91 Å². The molecule has 0 bridgehead atoms. The minimum Gasteiger partial charge on any atom is -0.497 e. The summed E-state index contributed by atoms with van der Waals surface area (Å²) in [5.74, 6) is 1.46. The molecule has 0 aliphatic carbocycles. The van der Waals surface area contributed by atoms with E-state index in [1.54, 1.807) is 14.2 Å². The number of rotatable bonds is 6. The van der Waals surface area contributed by atoms with Crippen molar-refractivity contribution in [2.24, 2.45) is 0 Å². The molecule has 0 heterocycles. The number of anilines is 1. The number of hydrogen-bond donors (Lipinski definition) is 1. The molecule has 1 amide bonds. The zero-order valence-electron chi connectivity index (χ0n) is 14.1. The molecule has 2 aromatic rings. The van der Waals surface area contributed by atoms with Crippen LogP contribution in [0.4, 0.5) is 5.69 Å². The Balaban J connectivity index is 1.99. The van der Waals surface area contributed by atoms with Crippen molar-refractivity contribution in [1.29, 1.82) is 0 Å². The van der Waals surface area contributed by atoms with Crippen LogP contribution in [-0.4, -0.2) is 20.1 Å². The van der Waals surface area contributed by atoms with Gasteiger partial charge in [0, 0.05) is 18.2 Å². The van der Waals surface area contributed by atoms with Crippen LogP contribution in [-0.2, 0) is 11.2 Å². The van der Waals surface area contributed by atoms with E-state index in [0.717, 1.165) is 28.3 Å². The van der Waals surface area contributed by atoms with Crippen LogP contribution in [0.5, 0.6) is 11.5 Å². The highest BCUT2D eigenvalue weighted by Gasteiger charge is 2.07. The standard InChI is InChI=1S/C19H23NO3/c1-13-5-7-18(14(2)9-13)20-19(21)8-6-15-10-16(22-3)12-17(11-15)23-4/h5,7,9-12H,6,8H2,1-4H3,(H,20,21). The molecule has 0 saturated heterocycles. The molecule has 4 nitrogen and oxygen atoms in total. The van der Waals surface area contributed by atoms with Crippen LogP contribution in [0.25, 0.3) is 0 Å². The average Bonchev–Trinajstić information content (AvgIpc) is 2.55. The van der Waals surface area contributed by atoms with Gasteiger partial charge >= 0.3 is 0 Å². The molecule has 1 N–H and O–H groups in total. The molecule has 0 unspecified atom stereocenters. The fourth-order valence-corrected chi connectivity index (χ4v) is 2.44. The first-order valence-electron chi connectivity index (χ1n) is 7.61. The molecule has 2 rings (SSSR count). The molecule has 23 heavy (non-hydrogen) atoms. The summed E-state index contributed by atoms with van der Waals surface area (Å²) < 4.78 is 10.5. The van der Waals surface area contributed by atoms with Crippen molar-refractivity contribution >= 4 is 11.6 Å². The number of ether oxygens (including phenoxy) is 2. The molecule has 0 aliphatic heterocycles. The van der Waals surface area contributed by atoms with Gasteiger partial charge < -0.3 is 14.8 Å². The third-order valence-electron chi connectivity index (χ3n) is 3.71. The van der Waals surface area contributed by atoms with Gasteiger partial charge in [0.1, 0.15) is 11.5 Å². The lowest BCUT2D eigenvalue weighted by molar-refractivity contribution is -0.116. The summed E-state index contributed by atoms with van der Waals surface area (Å²) in [6.45, 7) is 4.03. The number of carbonyl (C=O) groups excluding carboxylic acids is 1. The van der Waals surface area contributed by atoms with Crippen molar-refractivity contribution in [2.75, 3.05) is 19.5 Å². The van der Waals surface area contributed by atoms with Crippen molar-refractivity contribution < 1.29 is 14.3 Å². The zero-order valence-corrected chi connectivity index (χ0v) is 14.1. The summed E-state index contributed by atoms with van der Waals surface area (Å²) in [5.41, 5.74) is 4.13. The monoisotopic (exact) mass is 313 g/mol. The molecular formula is C19H23NO3. The summed E-state index contributed by atoms with van der Waals surface area (Å²) in [4.78, 5) is 12.2. The number of aryl methyl sites for hydroxylation is 3. The van der Waals surface area contributed by atoms with E-state index >= 15 is 0 Å². The van der Waals surface area contributed by atoms with Crippen molar-refractivity contribution in [2.45, 2.75) is 26.7 Å². The molecule has 122 valence electrons. The summed E-state index contributed by atoms with van der Waals surface area (Å²) >= 11 is 0. The van der Waals surface area contributed by atoms with Crippen molar-refractivity contribution in [3.8, 4) is 11.5 Å². The Morgan fingerprint density at radius 3 is 2.22 bits per heavy atom. The van der Waals surface area contributed by atoms with Crippen LogP contribution in [0.15, 0.2) is 36.4 Å². The van der Waals surface area contributed by atoms with E-state index < -0.39 is 0 Å². The molecule has 0 aliphatic rings. The van der Waals surface area contributed by atoms with E-state index in [1.165, 1.54) is 5.56 Å². The molecule has 2 aromatic carbocycles. The van der Waals surface area contributed by atoms with Crippen LogP contribution < -0.4 is 14.8 Å². The van der Waals surface area contributed by atoms with E-state index in [-0.39, 0.29) is 5.91 Å². The van der Waals surface area contributed by atoms with Crippen molar-refractivity contribution in [3.63, 3.8) is 0 Å². The van der Waals surface area contributed by atoms with Gasteiger partial charge in [-0.1, -0.05) is 17.7 Å². The normalized spacial score (nSPS) is 10.3. The minimum absolute atomic E-state index is 0.00117. The van der Waals surface area contributed by atoms with Crippen molar-refractivity contribution in [3.05, 3.63) is 53.1 Å². The minimum atomic E-state index is -0.00117. The van der Waals surface area contributed by atoms with Crippen LogP contribution in [0.3, 0.4) is 0 Å². The number of hydrogen-bond acceptors (Lipinski definition) is 3. The highest BCUT2D eigenvalue weighted by atomic mass is 16.5. The molecule has 0 atom stereocenters. The van der Waals surface area contributed by atoms with Gasteiger partial charge in [0.25, 0.3) is 0 Å². The quantitative estimate of drug-likeness (QED) is 0.880. The molecular weight excluding hydrogens is 290 g/mol. The van der Waals surface area contributed by atoms with Gasteiger partial charge in [-0.3, -0.25) is 4.79 Å².